The zero-order valence-electron chi connectivity index (χ0n) is 9.72. The van der Waals surface area contributed by atoms with E-state index in [9.17, 15) is 0 Å². The van der Waals surface area contributed by atoms with Crippen molar-refractivity contribution in [3.8, 4) is 0 Å². The molecule has 0 saturated heterocycles. The van der Waals surface area contributed by atoms with E-state index in [-0.39, 0.29) is 6.17 Å². The Balaban J connectivity index is 2.43. The normalized spacial score (nSPS) is 21.3. The second-order valence-corrected chi connectivity index (χ2v) is 4.24. The molecule has 0 aromatic heterocycles. The smallest absolute Gasteiger partial charge is 0.140 e. The molecule has 1 aromatic carbocycles. The van der Waals surface area contributed by atoms with Crippen LogP contribution >= 0.6 is 0 Å². The molecule has 4 heteroatoms. The van der Waals surface area contributed by atoms with Crippen molar-refractivity contribution in [2.75, 3.05) is 5.01 Å². The van der Waals surface area contributed by atoms with Gasteiger partial charge in [0.1, 0.15) is 12.0 Å². The number of hydrazine groups is 1. The predicted octanol–water partition coefficient (Wildman–Crippen LogP) is 1.46. The van der Waals surface area contributed by atoms with Gasteiger partial charge < -0.3 is 5.73 Å². The monoisotopic (exact) mass is 218 g/mol. The standard InChI is InChI=1S/C12H18N4/c1-3-8(2)12-15-11(13)9-6-4-5-7-10(9)16(12)14/h4-8,12H,3,14H2,1-2H3,(H2,13,15). The Hall–Kier alpha value is -1.55. The number of para-hydroxylation sites is 1. The molecule has 2 rings (SSSR count). The highest BCUT2D eigenvalue weighted by atomic mass is 15.5. The lowest BCUT2D eigenvalue weighted by Crippen LogP contribution is -2.48. The summed E-state index contributed by atoms with van der Waals surface area (Å²) >= 11 is 0. The summed E-state index contributed by atoms with van der Waals surface area (Å²) in [6.45, 7) is 4.26. The molecule has 2 atom stereocenters. The highest BCUT2D eigenvalue weighted by molar-refractivity contribution is 6.03. The molecule has 2 unspecified atom stereocenters. The fraction of sp³-hybridized carbons (Fsp3) is 0.417. The average molecular weight is 218 g/mol. The molecular weight excluding hydrogens is 200 g/mol. The molecule has 1 aliphatic heterocycles. The predicted molar refractivity (Wildman–Crippen MR) is 67.1 cm³/mol. The number of nitrogens with two attached hydrogens (primary N) is 2. The fourth-order valence-electron chi connectivity index (χ4n) is 1.94. The van der Waals surface area contributed by atoms with E-state index in [0.29, 0.717) is 11.8 Å². The van der Waals surface area contributed by atoms with Crippen LogP contribution in [0.15, 0.2) is 29.3 Å². The first kappa shape index (κ1) is 11.0. The topological polar surface area (TPSA) is 67.6 Å². The van der Waals surface area contributed by atoms with Crippen LogP contribution in [-0.2, 0) is 0 Å². The molecule has 0 spiro atoms. The van der Waals surface area contributed by atoms with E-state index in [0.717, 1.165) is 17.7 Å². The van der Waals surface area contributed by atoms with Crippen molar-refractivity contribution in [2.45, 2.75) is 26.4 Å². The zero-order chi connectivity index (χ0) is 11.7. The summed E-state index contributed by atoms with van der Waals surface area (Å²) in [4.78, 5) is 4.47. The summed E-state index contributed by atoms with van der Waals surface area (Å²) in [7, 11) is 0. The number of aliphatic imine (C=N–C) groups is 1. The Morgan fingerprint density at radius 1 is 1.44 bits per heavy atom. The fourth-order valence-corrected chi connectivity index (χ4v) is 1.94. The summed E-state index contributed by atoms with van der Waals surface area (Å²) in [6.07, 6.45) is 0.969. The van der Waals surface area contributed by atoms with Gasteiger partial charge in [-0.1, -0.05) is 26.0 Å². The molecule has 0 saturated carbocycles. The van der Waals surface area contributed by atoms with Crippen LogP contribution in [-0.4, -0.2) is 12.0 Å². The second kappa shape index (κ2) is 4.14. The van der Waals surface area contributed by atoms with Gasteiger partial charge in [0, 0.05) is 5.56 Å². The molecule has 4 nitrogen and oxygen atoms in total. The average Bonchev–Trinajstić information content (AvgIpc) is 2.33. The molecule has 0 amide bonds. The van der Waals surface area contributed by atoms with Crippen molar-refractivity contribution in [3.05, 3.63) is 29.8 Å². The van der Waals surface area contributed by atoms with Crippen LogP contribution in [0.25, 0.3) is 0 Å². The van der Waals surface area contributed by atoms with E-state index >= 15 is 0 Å². The van der Waals surface area contributed by atoms with Crippen LogP contribution in [0.1, 0.15) is 25.8 Å². The van der Waals surface area contributed by atoms with Gasteiger partial charge >= 0.3 is 0 Å². The van der Waals surface area contributed by atoms with Gasteiger partial charge in [-0.25, -0.2) is 10.8 Å². The number of benzene rings is 1. The van der Waals surface area contributed by atoms with Crippen molar-refractivity contribution < 1.29 is 0 Å². The van der Waals surface area contributed by atoms with Crippen molar-refractivity contribution in [1.82, 2.24) is 0 Å². The molecule has 0 fully saturated rings. The highest BCUT2D eigenvalue weighted by Crippen LogP contribution is 2.28. The summed E-state index contributed by atoms with van der Waals surface area (Å²) in [5.74, 6) is 7.07. The van der Waals surface area contributed by atoms with Gasteiger partial charge in [0.25, 0.3) is 0 Å². The Morgan fingerprint density at radius 3 is 2.81 bits per heavy atom. The van der Waals surface area contributed by atoms with Crippen LogP contribution in [0.5, 0.6) is 0 Å². The number of rotatable bonds is 2. The number of hydrogen-bond donors (Lipinski definition) is 2. The van der Waals surface area contributed by atoms with E-state index in [1.165, 1.54) is 0 Å². The van der Waals surface area contributed by atoms with Gasteiger partial charge in [0.05, 0.1) is 5.69 Å². The highest BCUT2D eigenvalue weighted by Gasteiger charge is 2.27. The quantitative estimate of drug-likeness (QED) is 0.738. The second-order valence-electron chi connectivity index (χ2n) is 4.24. The Kier molecular flexibility index (Phi) is 2.83. The zero-order valence-corrected chi connectivity index (χ0v) is 9.72. The lowest BCUT2D eigenvalue weighted by molar-refractivity contribution is 0.425. The SMILES string of the molecule is CCC(C)C1N=C(N)c2ccccc2N1N. The van der Waals surface area contributed by atoms with Gasteiger partial charge in [-0.2, -0.15) is 0 Å². The molecule has 0 aliphatic carbocycles. The van der Waals surface area contributed by atoms with Crippen molar-refractivity contribution in [2.24, 2.45) is 22.5 Å². The first-order valence-corrected chi connectivity index (χ1v) is 5.61. The maximum absolute atomic E-state index is 6.10. The summed E-state index contributed by atoms with van der Waals surface area (Å²) in [5.41, 5.74) is 7.84. The van der Waals surface area contributed by atoms with Crippen molar-refractivity contribution in [1.29, 1.82) is 0 Å². The minimum absolute atomic E-state index is 0.0556. The number of hydrogen-bond acceptors (Lipinski definition) is 4. The van der Waals surface area contributed by atoms with Gasteiger partial charge in [0.15, 0.2) is 0 Å². The van der Waals surface area contributed by atoms with E-state index in [1.807, 2.05) is 24.3 Å². The van der Waals surface area contributed by atoms with Crippen LogP contribution in [0.2, 0.25) is 0 Å². The lowest BCUT2D eigenvalue weighted by Gasteiger charge is -2.35. The molecule has 0 radical (unpaired) electrons. The first-order chi connectivity index (χ1) is 7.65. The first-order valence-electron chi connectivity index (χ1n) is 5.61. The van der Waals surface area contributed by atoms with Crippen LogP contribution in [0.3, 0.4) is 0 Å². The van der Waals surface area contributed by atoms with Crippen LogP contribution in [0.4, 0.5) is 5.69 Å². The minimum Gasteiger partial charge on any atom is -0.383 e. The largest absolute Gasteiger partial charge is 0.383 e. The third-order valence-electron chi connectivity index (χ3n) is 3.17. The Morgan fingerprint density at radius 2 is 2.12 bits per heavy atom. The van der Waals surface area contributed by atoms with Crippen LogP contribution in [0, 0.1) is 5.92 Å². The molecule has 86 valence electrons. The Bertz CT molecular complexity index is 413. The summed E-state index contributed by atoms with van der Waals surface area (Å²) in [5, 5.41) is 1.72. The minimum atomic E-state index is -0.0556. The van der Waals surface area contributed by atoms with Gasteiger partial charge in [0.2, 0.25) is 0 Å². The number of fused-ring (bicyclic) bond motifs is 1. The molecule has 1 aromatic rings. The summed E-state index contributed by atoms with van der Waals surface area (Å²) in [6, 6.07) is 7.83. The van der Waals surface area contributed by atoms with E-state index in [1.54, 1.807) is 5.01 Å². The third-order valence-corrected chi connectivity index (χ3v) is 3.17. The maximum atomic E-state index is 6.10. The number of nitrogens with zero attached hydrogens (tertiary/aromatic N) is 2. The number of amidine groups is 1. The molecule has 1 heterocycles. The molecule has 0 bridgehead atoms. The van der Waals surface area contributed by atoms with Crippen LogP contribution < -0.4 is 16.6 Å². The maximum Gasteiger partial charge on any atom is 0.140 e. The molecule has 4 N–H and O–H groups in total. The Labute approximate surface area is 95.9 Å². The van der Waals surface area contributed by atoms with Crippen molar-refractivity contribution >= 4 is 11.5 Å². The lowest BCUT2D eigenvalue weighted by atomic mass is 10.0. The van der Waals surface area contributed by atoms with Gasteiger partial charge in [-0.3, -0.25) is 5.01 Å². The van der Waals surface area contributed by atoms with E-state index in [2.05, 4.69) is 18.8 Å². The summed E-state index contributed by atoms with van der Waals surface area (Å²) < 4.78 is 0. The van der Waals surface area contributed by atoms with E-state index in [4.69, 9.17) is 11.6 Å². The van der Waals surface area contributed by atoms with E-state index < -0.39 is 0 Å². The molecule has 16 heavy (non-hydrogen) atoms. The van der Waals surface area contributed by atoms with Gasteiger partial charge in [-0.05, 0) is 24.5 Å². The molecule has 1 aliphatic rings. The van der Waals surface area contributed by atoms with Gasteiger partial charge in [-0.15, -0.1) is 0 Å². The van der Waals surface area contributed by atoms with Crippen molar-refractivity contribution in [3.63, 3.8) is 0 Å². The third kappa shape index (κ3) is 1.65. The molecular formula is C12H18N4. The number of anilines is 1.